The lowest BCUT2D eigenvalue weighted by Gasteiger charge is -2.36. The molecule has 2 unspecified atom stereocenters. The van der Waals surface area contributed by atoms with E-state index in [1.165, 1.54) is 17.7 Å². The van der Waals surface area contributed by atoms with Crippen LogP contribution in [0.4, 0.5) is 5.69 Å². The Bertz CT molecular complexity index is 387. The van der Waals surface area contributed by atoms with Crippen LogP contribution < -0.4 is 10.6 Å². The van der Waals surface area contributed by atoms with Crippen LogP contribution in [0.15, 0.2) is 24.3 Å². The first-order valence-corrected chi connectivity index (χ1v) is 7.41. The standard InChI is InChI=1S/C16H27N3/c1-4-14-5-7-15(8-6-14)19-13(2)9-10-18(3)12-16(19)11-17/h5-8,13,16H,4,9-12,17H2,1-3H3. The zero-order valence-corrected chi connectivity index (χ0v) is 12.5. The third-order valence-corrected chi connectivity index (χ3v) is 4.23. The molecule has 3 nitrogen and oxygen atoms in total. The topological polar surface area (TPSA) is 32.5 Å². The second kappa shape index (κ2) is 6.40. The van der Waals surface area contributed by atoms with Crippen molar-refractivity contribution in [2.75, 3.05) is 31.6 Å². The number of hydrogen-bond donors (Lipinski definition) is 1. The van der Waals surface area contributed by atoms with E-state index in [2.05, 4.69) is 55.0 Å². The lowest BCUT2D eigenvalue weighted by atomic mass is 10.1. The SMILES string of the molecule is CCc1ccc(N2C(C)CCN(C)CC2CN)cc1. The van der Waals surface area contributed by atoms with Gasteiger partial charge in [0.15, 0.2) is 0 Å². The van der Waals surface area contributed by atoms with Crippen LogP contribution in [0.5, 0.6) is 0 Å². The van der Waals surface area contributed by atoms with Crippen LogP contribution in [0, 0.1) is 0 Å². The van der Waals surface area contributed by atoms with Gasteiger partial charge in [-0.25, -0.2) is 0 Å². The Labute approximate surface area is 117 Å². The van der Waals surface area contributed by atoms with Crippen LogP contribution in [0.3, 0.4) is 0 Å². The molecule has 106 valence electrons. The van der Waals surface area contributed by atoms with Gasteiger partial charge in [0.1, 0.15) is 0 Å². The molecule has 1 saturated heterocycles. The monoisotopic (exact) mass is 261 g/mol. The number of benzene rings is 1. The molecule has 1 aliphatic heterocycles. The molecule has 2 N–H and O–H groups in total. The molecule has 0 aliphatic carbocycles. The highest BCUT2D eigenvalue weighted by molar-refractivity contribution is 5.50. The highest BCUT2D eigenvalue weighted by Gasteiger charge is 2.27. The average Bonchev–Trinajstić information content (AvgIpc) is 2.58. The van der Waals surface area contributed by atoms with Crippen LogP contribution in [-0.4, -0.2) is 43.7 Å². The van der Waals surface area contributed by atoms with Crippen LogP contribution >= 0.6 is 0 Å². The molecular formula is C16H27N3. The van der Waals surface area contributed by atoms with Crippen molar-refractivity contribution in [1.82, 2.24) is 4.90 Å². The predicted octanol–water partition coefficient (Wildman–Crippen LogP) is 2.11. The molecule has 0 bridgehead atoms. The van der Waals surface area contributed by atoms with E-state index < -0.39 is 0 Å². The summed E-state index contributed by atoms with van der Waals surface area (Å²) in [6.45, 7) is 7.43. The summed E-state index contributed by atoms with van der Waals surface area (Å²) in [5.41, 5.74) is 8.72. The summed E-state index contributed by atoms with van der Waals surface area (Å²) in [5, 5.41) is 0. The minimum Gasteiger partial charge on any atom is -0.363 e. The Hall–Kier alpha value is -1.06. The molecule has 0 aromatic heterocycles. The van der Waals surface area contributed by atoms with Gasteiger partial charge in [-0.05, 0) is 51.1 Å². The molecule has 0 spiro atoms. The van der Waals surface area contributed by atoms with E-state index in [1.54, 1.807) is 0 Å². The van der Waals surface area contributed by atoms with Crippen LogP contribution in [-0.2, 0) is 6.42 Å². The molecule has 1 aliphatic rings. The van der Waals surface area contributed by atoms with Gasteiger partial charge in [-0.15, -0.1) is 0 Å². The third kappa shape index (κ3) is 3.28. The van der Waals surface area contributed by atoms with Gasteiger partial charge in [0.05, 0.1) is 6.04 Å². The molecule has 19 heavy (non-hydrogen) atoms. The fourth-order valence-corrected chi connectivity index (χ4v) is 3.00. The first-order chi connectivity index (χ1) is 9.15. The molecule has 0 saturated carbocycles. The van der Waals surface area contributed by atoms with E-state index in [-0.39, 0.29) is 0 Å². The summed E-state index contributed by atoms with van der Waals surface area (Å²) in [7, 11) is 2.19. The van der Waals surface area contributed by atoms with E-state index in [9.17, 15) is 0 Å². The largest absolute Gasteiger partial charge is 0.363 e. The molecular weight excluding hydrogens is 234 g/mol. The summed E-state index contributed by atoms with van der Waals surface area (Å²) in [4.78, 5) is 4.91. The van der Waals surface area contributed by atoms with Crippen molar-refractivity contribution in [3.8, 4) is 0 Å². The molecule has 0 radical (unpaired) electrons. The number of likely N-dealkylation sites (N-methyl/N-ethyl adjacent to an activating group) is 1. The zero-order valence-electron chi connectivity index (χ0n) is 12.5. The Morgan fingerprint density at radius 3 is 2.53 bits per heavy atom. The molecule has 1 aromatic carbocycles. The van der Waals surface area contributed by atoms with Gasteiger partial charge < -0.3 is 15.5 Å². The van der Waals surface area contributed by atoms with E-state index in [0.717, 1.165) is 19.5 Å². The maximum Gasteiger partial charge on any atom is 0.0542 e. The maximum atomic E-state index is 6.01. The number of nitrogens with zero attached hydrogens (tertiary/aromatic N) is 2. The van der Waals surface area contributed by atoms with Crippen LogP contribution in [0.2, 0.25) is 0 Å². The predicted molar refractivity (Wildman–Crippen MR) is 82.7 cm³/mol. The number of rotatable bonds is 3. The summed E-state index contributed by atoms with van der Waals surface area (Å²) in [6, 6.07) is 9.95. The Morgan fingerprint density at radius 2 is 1.95 bits per heavy atom. The smallest absolute Gasteiger partial charge is 0.0542 e. The maximum absolute atomic E-state index is 6.01. The second-order valence-electron chi connectivity index (χ2n) is 5.72. The summed E-state index contributed by atoms with van der Waals surface area (Å²) in [5.74, 6) is 0. The van der Waals surface area contributed by atoms with Crippen LogP contribution in [0.1, 0.15) is 25.8 Å². The molecule has 1 heterocycles. The van der Waals surface area contributed by atoms with Crippen molar-refractivity contribution < 1.29 is 0 Å². The van der Waals surface area contributed by atoms with Crippen molar-refractivity contribution in [1.29, 1.82) is 0 Å². The summed E-state index contributed by atoms with van der Waals surface area (Å²) < 4.78 is 0. The number of anilines is 1. The minimum atomic E-state index is 0.412. The van der Waals surface area contributed by atoms with Gasteiger partial charge in [0, 0.05) is 24.8 Å². The Kier molecular flexibility index (Phi) is 4.83. The Morgan fingerprint density at radius 1 is 1.26 bits per heavy atom. The molecule has 0 amide bonds. The fourth-order valence-electron chi connectivity index (χ4n) is 3.00. The van der Waals surface area contributed by atoms with Gasteiger partial charge in [0.25, 0.3) is 0 Å². The lowest BCUT2D eigenvalue weighted by molar-refractivity contribution is 0.332. The van der Waals surface area contributed by atoms with Crippen LogP contribution in [0.25, 0.3) is 0 Å². The van der Waals surface area contributed by atoms with Crippen molar-refractivity contribution in [3.05, 3.63) is 29.8 Å². The van der Waals surface area contributed by atoms with E-state index in [0.29, 0.717) is 18.6 Å². The van der Waals surface area contributed by atoms with E-state index in [1.807, 2.05) is 0 Å². The molecule has 1 aromatic rings. The number of hydrogen-bond acceptors (Lipinski definition) is 3. The quantitative estimate of drug-likeness (QED) is 0.904. The van der Waals surface area contributed by atoms with Gasteiger partial charge in [-0.3, -0.25) is 0 Å². The minimum absolute atomic E-state index is 0.412. The molecule has 2 rings (SSSR count). The molecule has 3 heteroatoms. The van der Waals surface area contributed by atoms with Gasteiger partial charge in [-0.2, -0.15) is 0 Å². The number of aryl methyl sites for hydroxylation is 1. The highest BCUT2D eigenvalue weighted by atomic mass is 15.3. The molecule has 2 atom stereocenters. The lowest BCUT2D eigenvalue weighted by Crippen LogP contribution is -2.48. The summed E-state index contributed by atoms with van der Waals surface area (Å²) >= 11 is 0. The molecule has 1 fully saturated rings. The van der Waals surface area contributed by atoms with Crippen molar-refractivity contribution in [2.24, 2.45) is 5.73 Å². The first kappa shape index (κ1) is 14.4. The van der Waals surface area contributed by atoms with E-state index >= 15 is 0 Å². The first-order valence-electron chi connectivity index (χ1n) is 7.41. The number of nitrogens with two attached hydrogens (primary N) is 1. The average molecular weight is 261 g/mol. The van der Waals surface area contributed by atoms with Gasteiger partial charge in [-0.1, -0.05) is 19.1 Å². The van der Waals surface area contributed by atoms with E-state index in [4.69, 9.17) is 5.73 Å². The summed E-state index contributed by atoms with van der Waals surface area (Å²) in [6.07, 6.45) is 2.29. The normalized spacial score (nSPS) is 25.4. The van der Waals surface area contributed by atoms with Crippen molar-refractivity contribution in [3.63, 3.8) is 0 Å². The third-order valence-electron chi connectivity index (χ3n) is 4.23. The second-order valence-corrected chi connectivity index (χ2v) is 5.72. The van der Waals surface area contributed by atoms with Gasteiger partial charge >= 0.3 is 0 Å². The zero-order chi connectivity index (χ0) is 13.8. The Balaban J connectivity index is 2.26. The fraction of sp³-hybridized carbons (Fsp3) is 0.625. The van der Waals surface area contributed by atoms with Crippen molar-refractivity contribution >= 4 is 5.69 Å². The highest BCUT2D eigenvalue weighted by Crippen LogP contribution is 2.24. The van der Waals surface area contributed by atoms with Crippen molar-refractivity contribution in [2.45, 2.75) is 38.8 Å². The van der Waals surface area contributed by atoms with Gasteiger partial charge in [0.2, 0.25) is 0 Å².